The molecule has 0 aliphatic heterocycles. The summed E-state index contributed by atoms with van der Waals surface area (Å²) in [5.41, 5.74) is 0.727. The van der Waals surface area contributed by atoms with Gasteiger partial charge in [-0.3, -0.25) is 0 Å². The first-order valence-electron chi connectivity index (χ1n) is 8.69. The van der Waals surface area contributed by atoms with Crippen LogP contribution in [-0.4, -0.2) is 49.7 Å². The monoisotopic (exact) mass is 422 g/mol. The number of alkyl halides is 3. The van der Waals surface area contributed by atoms with Crippen LogP contribution in [0.1, 0.15) is 11.6 Å². The minimum atomic E-state index is -4.42. The second-order valence-electron chi connectivity index (χ2n) is 6.20. The quantitative estimate of drug-likeness (QED) is 0.461. The molecule has 2 aromatic carbocycles. The van der Waals surface area contributed by atoms with Crippen LogP contribution in [0.4, 0.5) is 29.3 Å². The molecule has 3 aromatic rings. The highest BCUT2D eigenvalue weighted by atomic mass is 19.4. The van der Waals surface area contributed by atoms with Gasteiger partial charge >= 0.3 is 12.3 Å². The van der Waals surface area contributed by atoms with Crippen molar-refractivity contribution in [2.45, 2.75) is 12.2 Å². The number of hydrogen-bond donors (Lipinski definition) is 4. The molecular weight excluding hydrogens is 405 g/mol. The molecule has 1 aromatic heterocycles. The molecule has 0 spiro atoms. The van der Waals surface area contributed by atoms with Crippen molar-refractivity contribution in [2.24, 2.45) is 0 Å². The lowest BCUT2D eigenvalue weighted by molar-refractivity contribution is -0.137. The van der Waals surface area contributed by atoms with Gasteiger partial charge in [-0.25, -0.2) is 4.79 Å². The number of rotatable bonds is 7. The maximum absolute atomic E-state index is 12.7. The number of aromatic nitrogens is 4. The Morgan fingerprint density at radius 3 is 2.47 bits per heavy atom. The summed E-state index contributed by atoms with van der Waals surface area (Å²) in [4.78, 5) is 11.7. The lowest BCUT2D eigenvalue weighted by Gasteiger charge is -2.12. The van der Waals surface area contributed by atoms with E-state index in [-0.39, 0.29) is 12.4 Å². The van der Waals surface area contributed by atoms with Crippen molar-refractivity contribution < 1.29 is 28.2 Å². The van der Waals surface area contributed by atoms with Gasteiger partial charge in [0.15, 0.2) is 0 Å². The molecule has 1 atom stereocenters. The number of nitrogens with zero attached hydrogens (tertiary/aromatic N) is 4. The summed E-state index contributed by atoms with van der Waals surface area (Å²) < 4.78 is 38.2. The second-order valence-corrected chi connectivity index (χ2v) is 6.20. The predicted octanol–water partition coefficient (Wildman–Crippen LogP) is 2.90. The number of nitrogens with one attached hydrogen (secondary N) is 2. The van der Waals surface area contributed by atoms with E-state index in [2.05, 4.69) is 26.0 Å². The van der Waals surface area contributed by atoms with Crippen LogP contribution >= 0.6 is 0 Å². The first-order valence-corrected chi connectivity index (χ1v) is 8.69. The summed E-state index contributed by atoms with van der Waals surface area (Å²) in [5.74, 6) is 0.193. The van der Waals surface area contributed by atoms with Crippen LogP contribution in [0, 0.1) is 0 Å². The van der Waals surface area contributed by atoms with E-state index in [1.165, 1.54) is 12.1 Å². The molecule has 0 saturated heterocycles. The maximum atomic E-state index is 12.7. The molecule has 0 aliphatic carbocycles. The molecule has 0 aliphatic rings. The van der Waals surface area contributed by atoms with Gasteiger partial charge in [-0.15, -0.1) is 10.2 Å². The zero-order valence-corrected chi connectivity index (χ0v) is 15.3. The Labute approximate surface area is 168 Å². The van der Waals surface area contributed by atoms with Gasteiger partial charge in [0.05, 0.1) is 12.2 Å². The van der Waals surface area contributed by atoms with Gasteiger partial charge in [0.2, 0.25) is 5.82 Å². The summed E-state index contributed by atoms with van der Waals surface area (Å²) in [6, 6.07) is 10.7. The van der Waals surface area contributed by atoms with E-state index >= 15 is 0 Å². The molecule has 0 radical (unpaired) electrons. The standard InChI is InChI=1S/C18H17F3N6O3/c19-18(20,21)11-5-7-12(8-6-11)23-15-4-2-1-3-14(15)16-24-26-27(25-16)13(10-28)9-22-17(29)30/h1-8,13,22-23,28H,9-10H2,(H,29,30). The fraction of sp³-hybridized carbons (Fsp3) is 0.222. The normalized spacial score (nSPS) is 12.4. The van der Waals surface area contributed by atoms with Crippen molar-refractivity contribution in [1.29, 1.82) is 0 Å². The highest BCUT2D eigenvalue weighted by Crippen LogP contribution is 2.32. The third-order valence-electron chi connectivity index (χ3n) is 4.11. The summed E-state index contributed by atoms with van der Waals surface area (Å²) >= 11 is 0. The van der Waals surface area contributed by atoms with Crippen LogP contribution in [-0.2, 0) is 6.18 Å². The van der Waals surface area contributed by atoms with Crippen molar-refractivity contribution >= 4 is 17.5 Å². The van der Waals surface area contributed by atoms with Crippen LogP contribution in [0.2, 0.25) is 0 Å². The molecule has 3 rings (SSSR count). The number of aliphatic hydroxyl groups is 1. The molecular formula is C18H17F3N6O3. The first-order chi connectivity index (χ1) is 14.3. The largest absolute Gasteiger partial charge is 0.465 e. The molecule has 9 nitrogen and oxygen atoms in total. The Morgan fingerprint density at radius 2 is 1.83 bits per heavy atom. The van der Waals surface area contributed by atoms with Crippen LogP contribution in [0.25, 0.3) is 11.4 Å². The number of amides is 1. The summed E-state index contributed by atoms with van der Waals surface area (Å²) in [6.07, 6.45) is -5.67. The number of carbonyl (C=O) groups is 1. The van der Waals surface area contributed by atoms with Gasteiger partial charge in [-0.1, -0.05) is 12.1 Å². The Morgan fingerprint density at radius 1 is 1.13 bits per heavy atom. The average molecular weight is 422 g/mol. The molecule has 1 heterocycles. The van der Waals surface area contributed by atoms with Gasteiger partial charge in [-0.05, 0) is 41.6 Å². The van der Waals surface area contributed by atoms with E-state index in [0.717, 1.165) is 16.9 Å². The van der Waals surface area contributed by atoms with Crippen LogP contribution in [0.15, 0.2) is 48.5 Å². The first kappa shape index (κ1) is 21.0. The molecule has 0 bridgehead atoms. The smallest absolute Gasteiger partial charge is 0.416 e. The van der Waals surface area contributed by atoms with Crippen molar-refractivity contribution in [3.8, 4) is 11.4 Å². The number of carboxylic acid groups (broad SMARTS) is 1. The van der Waals surface area contributed by atoms with Crippen molar-refractivity contribution in [3.05, 3.63) is 54.1 Å². The Kier molecular flexibility index (Phi) is 6.16. The third kappa shape index (κ3) is 5.03. The topological polar surface area (TPSA) is 125 Å². The minimum absolute atomic E-state index is 0.118. The Bertz CT molecular complexity index is 1010. The maximum Gasteiger partial charge on any atom is 0.416 e. The van der Waals surface area contributed by atoms with Gasteiger partial charge in [0, 0.05) is 23.5 Å². The van der Waals surface area contributed by atoms with E-state index < -0.39 is 30.5 Å². The summed E-state index contributed by atoms with van der Waals surface area (Å²) in [6.45, 7) is -0.533. The fourth-order valence-corrected chi connectivity index (χ4v) is 2.60. The molecule has 0 saturated carbocycles. The highest BCUT2D eigenvalue weighted by molar-refractivity contribution is 5.77. The molecule has 4 N–H and O–H groups in total. The van der Waals surface area contributed by atoms with E-state index in [9.17, 15) is 23.1 Å². The number of halogens is 3. The van der Waals surface area contributed by atoms with Gasteiger partial charge in [0.1, 0.15) is 6.04 Å². The Hall–Kier alpha value is -3.67. The molecule has 12 heteroatoms. The number of benzene rings is 2. The summed E-state index contributed by atoms with van der Waals surface area (Å²) in [7, 11) is 0. The lowest BCUT2D eigenvalue weighted by atomic mass is 10.1. The fourth-order valence-electron chi connectivity index (χ4n) is 2.60. The van der Waals surface area contributed by atoms with Crippen LogP contribution < -0.4 is 10.6 Å². The van der Waals surface area contributed by atoms with E-state index in [1.807, 2.05) is 0 Å². The molecule has 30 heavy (non-hydrogen) atoms. The molecule has 0 fully saturated rings. The van der Waals surface area contributed by atoms with Crippen LogP contribution in [0.5, 0.6) is 0 Å². The van der Waals surface area contributed by atoms with Gasteiger partial charge in [-0.2, -0.15) is 18.0 Å². The number of tetrazole rings is 1. The van der Waals surface area contributed by atoms with Gasteiger partial charge in [0.25, 0.3) is 0 Å². The van der Waals surface area contributed by atoms with Gasteiger partial charge < -0.3 is 20.8 Å². The van der Waals surface area contributed by atoms with Crippen molar-refractivity contribution in [3.63, 3.8) is 0 Å². The predicted molar refractivity (Wildman–Crippen MR) is 100 cm³/mol. The average Bonchev–Trinajstić information content (AvgIpc) is 3.18. The van der Waals surface area contributed by atoms with E-state index in [4.69, 9.17) is 5.11 Å². The third-order valence-corrected chi connectivity index (χ3v) is 4.11. The molecule has 1 unspecified atom stereocenters. The van der Waals surface area contributed by atoms with Crippen molar-refractivity contribution in [2.75, 3.05) is 18.5 Å². The van der Waals surface area contributed by atoms with E-state index in [1.54, 1.807) is 24.3 Å². The number of hydrogen-bond acceptors (Lipinski definition) is 6. The number of anilines is 2. The van der Waals surface area contributed by atoms with Crippen LogP contribution in [0.3, 0.4) is 0 Å². The lowest BCUT2D eigenvalue weighted by Crippen LogP contribution is -2.32. The number of para-hydroxylation sites is 1. The second kappa shape index (κ2) is 8.78. The highest BCUT2D eigenvalue weighted by Gasteiger charge is 2.30. The zero-order chi connectivity index (χ0) is 21.7. The Balaban J connectivity index is 1.82. The minimum Gasteiger partial charge on any atom is -0.465 e. The zero-order valence-electron chi connectivity index (χ0n) is 15.3. The molecule has 1 amide bonds. The van der Waals surface area contributed by atoms with Crippen molar-refractivity contribution in [1.82, 2.24) is 25.5 Å². The number of aliphatic hydroxyl groups excluding tert-OH is 1. The summed E-state index contributed by atoms with van der Waals surface area (Å²) in [5, 5.41) is 35.3. The van der Waals surface area contributed by atoms with E-state index in [0.29, 0.717) is 16.9 Å². The SMILES string of the molecule is O=C(O)NCC(CO)n1nnc(-c2ccccc2Nc2ccc(C(F)(F)F)cc2)n1. The molecule has 158 valence electrons.